The summed E-state index contributed by atoms with van der Waals surface area (Å²) in [7, 11) is 2.08. The number of nitrogens with one attached hydrogen (secondary N) is 1. The number of nitrogens with zero attached hydrogens (tertiary/aromatic N) is 1. The van der Waals surface area contributed by atoms with Crippen LogP contribution in [0.25, 0.3) is 0 Å². The summed E-state index contributed by atoms with van der Waals surface area (Å²) in [5.41, 5.74) is 0.934. The lowest BCUT2D eigenvalue weighted by atomic mass is 9.97. The van der Waals surface area contributed by atoms with Gasteiger partial charge in [-0.05, 0) is 44.8 Å². The van der Waals surface area contributed by atoms with Crippen molar-refractivity contribution in [3.8, 4) is 0 Å². The number of carbonyl (C=O) groups is 1. The van der Waals surface area contributed by atoms with E-state index in [2.05, 4.69) is 17.3 Å². The largest absolute Gasteiger partial charge is 0.325 e. The monoisotopic (exact) mass is 264 g/mol. The van der Waals surface area contributed by atoms with E-state index in [0.29, 0.717) is 0 Å². The fourth-order valence-electron chi connectivity index (χ4n) is 2.36. The summed E-state index contributed by atoms with van der Waals surface area (Å²) in [4.78, 5) is 15.6. The third-order valence-corrected chi connectivity index (χ3v) is 4.16. The molecule has 0 bridgehead atoms. The average molecular weight is 264 g/mol. The maximum Gasteiger partial charge on any atom is 0.228 e. The number of likely N-dealkylation sites (tertiary alicyclic amines) is 1. The lowest BCUT2D eigenvalue weighted by Crippen LogP contribution is -2.38. The summed E-state index contributed by atoms with van der Waals surface area (Å²) in [6, 6.07) is 7.96. The summed E-state index contributed by atoms with van der Waals surface area (Å²) >= 11 is 1.66. The van der Waals surface area contributed by atoms with Crippen LogP contribution in [-0.4, -0.2) is 37.2 Å². The molecule has 1 aliphatic heterocycles. The Morgan fingerprint density at radius 3 is 2.94 bits per heavy atom. The molecule has 0 aromatic heterocycles. The highest BCUT2D eigenvalue weighted by atomic mass is 32.2. The molecule has 1 saturated heterocycles. The van der Waals surface area contributed by atoms with E-state index in [-0.39, 0.29) is 11.8 Å². The van der Waals surface area contributed by atoms with Gasteiger partial charge in [0.2, 0.25) is 5.91 Å². The van der Waals surface area contributed by atoms with Gasteiger partial charge in [-0.15, -0.1) is 11.8 Å². The highest BCUT2D eigenvalue weighted by molar-refractivity contribution is 7.98. The molecule has 1 unspecified atom stereocenters. The molecule has 2 rings (SSSR count). The first-order chi connectivity index (χ1) is 8.70. The number of hydrogen-bond acceptors (Lipinski definition) is 3. The molecule has 0 radical (unpaired) electrons. The van der Waals surface area contributed by atoms with Crippen LogP contribution in [-0.2, 0) is 4.79 Å². The van der Waals surface area contributed by atoms with Gasteiger partial charge in [-0.2, -0.15) is 0 Å². The van der Waals surface area contributed by atoms with Crippen LogP contribution in [0.1, 0.15) is 12.8 Å². The van der Waals surface area contributed by atoms with Crippen LogP contribution < -0.4 is 5.32 Å². The molecular formula is C14H20N2OS. The number of amides is 1. The highest BCUT2D eigenvalue weighted by Gasteiger charge is 2.24. The Kier molecular flexibility index (Phi) is 4.66. The number of hydrogen-bond donors (Lipinski definition) is 1. The second-order valence-electron chi connectivity index (χ2n) is 4.79. The van der Waals surface area contributed by atoms with Gasteiger partial charge in [-0.1, -0.05) is 12.1 Å². The van der Waals surface area contributed by atoms with Gasteiger partial charge in [0, 0.05) is 11.4 Å². The Morgan fingerprint density at radius 1 is 1.44 bits per heavy atom. The maximum atomic E-state index is 12.2. The Bertz CT molecular complexity index is 422. The smallest absolute Gasteiger partial charge is 0.228 e. The van der Waals surface area contributed by atoms with Crippen molar-refractivity contribution >= 4 is 23.4 Å². The SMILES string of the molecule is CSc1ccccc1NC(=O)C1CCCN(C)C1. The molecule has 1 aromatic rings. The summed E-state index contributed by atoms with van der Waals surface area (Å²) in [5.74, 6) is 0.279. The van der Waals surface area contributed by atoms with Gasteiger partial charge < -0.3 is 10.2 Å². The molecule has 98 valence electrons. The molecule has 3 nitrogen and oxygen atoms in total. The zero-order valence-electron chi connectivity index (χ0n) is 11.0. The minimum Gasteiger partial charge on any atom is -0.325 e. The molecule has 1 aromatic carbocycles. The zero-order valence-corrected chi connectivity index (χ0v) is 11.8. The van der Waals surface area contributed by atoms with Gasteiger partial charge in [0.05, 0.1) is 11.6 Å². The van der Waals surface area contributed by atoms with E-state index in [1.165, 1.54) is 0 Å². The summed E-state index contributed by atoms with van der Waals surface area (Å²) < 4.78 is 0. The van der Waals surface area contributed by atoms with Gasteiger partial charge >= 0.3 is 0 Å². The fraction of sp³-hybridized carbons (Fsp3) is 0.500. The van der Waals surface area contributed by atoms with Crippen LogP contribution in [0, 0.1) is 5.92 Å². The van der Waals surface area contributed by atoms with Crippen molar-refractivity contribution in [2.24, 2.45) is 5.92 Å². The van der Waals surface area contributed by atoms with Crippen molar-refractivity contribution in [1.82, 2.24) is 4.90 Å². The third-order valence-electron chi connectivity index (χ3n) is 3.36. The van der Waals surface area contributed by atoms with E-state index >= 15 is 0 Å². The summed E-state index contributed by atoms with van der Waals surface area (Å²) in [6.45, 7) is 1.97. The molecule has 18 heavy (non-hydrogen) atoms. The number of rotatable bonds is 3. The van der Waals surface area contributed by atoms with Crippen LogP contribution in [0.15, 0.2) is 29.2 Å². The van der Waals surface area contributed by atoms with E-state index in [1.807, 2.05) is 30.5 Å². The van der Waals surface area contributed by atoms with Gasteiger partial charge in [0.15, 0.2) is 0 Å². The highest BCUT2D eigenvalue weighted by Crippen LogP contribution is 2.26. The predicted octanol–water partition coefficient (Wildman–Crippen LogP) is 2.69. The van der Waals surface area contributed by atoms with Crippen molar-refractivity contribution in [3.63, 3.8) is 0 Å². The zero-order chi connectivity index (χ0) is 13.0. The van der Waals surface area contributed by atoms with E-state index < -0.39 is 0 Å². The van der Waals surface area contributed by atoms with Gasteiger partial charge in [-0.25, -0.2) is 0 Å². The molecule has 1 fully saturated rings. The number of thioether (sulfide) groups is 1. The van der Waals surface area contributed by atoms with Gasteiger partial charge in [0.25, 0.3) is 0 Å². The van der Waals surface area contributed by atoms with Crippen molar-refractivity contribution in [1.29, 1.82) is 0 Å². The van der Waals surface area contributed by atoms with Crippen molar-refractivity contribution in [3.05, 3.63) is 24.3 Å². The van der Waals surface area contributed by atoms with Crippen LogP contribution in [0.2, 0.25) is 0 Å². The van der Waals surface area contributed by atoms with Crippen LogP contribution >= 0.6 is 11.8 Å². The Morgan fingerprint density at radius 2 is 2.22 bits per heavy atom. The van der Waals surface area contributed by atoms with E-state index in [4.69, 9.17) is 0 Å². The number of anilines is 1. The standard InChI is InChI=1S/C14H20N2OS/c1-16-9-5-6-11(10-16)14(17)15-12-7-3-4-8-13(12)18-2/h3-4,7-8,11H,5-6,9-10H2,1-2H3,(H,15,17). The second-order valence-corrected chi connectivity index (χ2v) is 5.64. The first kappa shape index (κ1) is 13.4. The van der Waals surface area contributed by atoms with Gasteiger partial charge in [0.1, 0.15) is 0 Å². The Labute approximate surface area is 113 Å². The summed E-state index contributed by atoms with van der Waals surface area (Å²) in [6.07, 6.45) is 4.13. The van der Waals surface area contributed by atoms with Crippen LogP contribution in [0.5, 0.6) is 0 Å². The number of carbonyl (C=O) groups excluding carboxylic acids is 1. The first-order valence-electron chi connectivity index (χ1n) is 6.33. The average Bonchev–Trinajstić information content (AvgIpc) is 2.39. The molecule has 0 spiro atoms. The normalized spacial score (nSPS) is 20.7. The van der Waals surface area contributed by atoms with Gasteiger partial charge in [-0.3, -0.25) is 4.79 Å². The predicted molar refractivity (Wildman–Crippen MR) is 77.1 cm³/mol. The molecule has 1 amide bonds. The lowest BCUT2D eigenvalue weighted by molar-refractivity contribution is -0.121. The first-order valence-corrected chi connectivity index (χ1v) is 7.55. The lowest BCUT2D eigenvalue weighted by Gasteiger charge is -2.28. The molecule has 1 aliphatic rings. The van der Waals surface area contributed by atoms with E-state index in [9.17, 15) is 4.79 Å². The van der Waals surface area contributed by atoms with Crippen molar-refractivity contribution in [2.45, 2.75) is 17.7 Å². The molecular weight excluding hydrogens is 244 g/mol. The van der Waals surface area contributed by atoms with Crippen molar-refractivity contribution in [2.75, 3.05) is 31.7 Å². The molecule has 0 saturated carbocycles. The minimum atomic E-state index is 0.124. The second kappa shape index (κ2) is 6.25. The molecule has 4 heteroatoms. The molecule has 1 atom stereocenters. The molecule has 0 aliphatic carbocycles. The number of para-hydroxylation sites is 1. The Hall–Kier alpha value is -1.00. The van der Waals surface area contributed by atoms with Crippen LogP contribution in [0.4, 0.5) is 5.69 Å². The topological polar surface area (TPSA) is 32.3 Å². The molecule has 1 heterocycles. The van der Waals surface area contributed by atoms with Crippen LogP contribution in [0.3, 0.4) is 0 Å². The number of piperidine rings is 1. The molecule has 1 N–H and O–H groups in total. The summed E-state index contributed by atoms with van der Waals surface area (Å²) in [5, 5.41) is 3.07. The maximum absolute atomic E-state index is 12.2. The minimum absolute atomic E-state index is 0.124. The van der Waals surface area contributed by atoms with E-state index in [1.54, 1.807) is 11.8 Å². The van der Waals surface area contributed by atoms with Crippen molar-refractivity contribution < 1.29 is 4.79 Å². The fourth-order valence-corrected chi connectivity index (χ4v) is 2.92. The third kappa shape index (κ3) is 3.27. The van der Waals surface area contributed by atoms with E-state index in [0.717, 1.165) is 36.5 Å². The quantitative estimate of drug-likeness (QED) is 0.852. The Balaban J connectivity index is 2.02. The number of benzene rings is 1.